The molecule has 12 heavy (non-hydrogen) atoms. The van der Waals surface area contributed by atoms with Crippen molar-refractivity contribution >= 4 is 11.5 Å². The summed E-state index contributed by atoms with van der Waals surface area (Å²) in [4.78, 5) is 7.87. The molecule has 2 aromatic heterocycles. The van der Waals surface area contributed by atoms with Gasteiger partial charge in [0.25, 0.3) is 0 Å². The van der Waals surface area contributed by atoms with Crippen LogP contribution in [0.5, 0.6) is 0 Å². The van der Waals surface area contributed by atoms with Gasteiger partial charge in [0, 0.05) is 24.8 Å². The van der Waals surface area contributed by atoms with Crippen LogP contribution in [-0.4, -0.2) is 14.4 Å². The summed E-state index contributed by atoms with van der Waals surface area (Å²) in [6.45, 7) is 4.00. The second-order valence-electron chi connectivity index (χ2n) is 1.97. The van der Waals surface area contributed by atoms with E-state index in [0.717, 1.165) is 0 Å². The molecule has 0 aliphatic rings. The maximum Gasteiger partial charge on any atom is 0.179 e. The summed E-state index contributed by atoms with van der Waals surface area (Å²) in [7, 11) is 0. The average Bonchev–Trinajstić information content (AvgIpc) is 2.57. The van der Waals surface area contributed by atoms with Crippen molar-refractivity contribution in [2.75, 3.05) is 5.73 Å². The Balaban J connectivity index is 0.000000336. The molecule has 4 nitrogen and oxygen atoms in total. The number of nitrogens with zero attached hydrogens (tertiary/aromatic N) is 3. The van der Waals surface area contributed by atoms with Crippen LogP contribution in [0.1, 0.15) is 13.8 Å². The Morgan fingerprint density at radius 2 is 1.75 bits per heavy atom. The van der Waals surface area contributed by atoms with Gasteiger partial charge < -0.3 is 10.1 Å². The largest absolute Gasteiger partial charge is 0.381 e. The molecule has 0 radical (unpaired) electrons. The third kappa shape index (κ3) is 1.37. The molecule has 0 aliphatic heterocycles. The highest BCUT2D eigenvalue weighted by Gasteiger charge is 1.95. The highest BCUT2D eigenvalue weighted by molar-refractivity contribution is 5.58. The van der Waals surface area contributed by atoms with Crippen molar-refractivity contribution in [1.82, 2.24) is 14.4 Å². The summed E-state index contributed by atoms with van der Waals surface area (Å²) in [5.74, 6) is 0.465. The minimum atomic E-state index is 0.465. The zero-order valence-electron chi connectivity index (χ0n) is 7.23. The molecule has 0 aromatic carbocycles. The molecule has 0 bridgehead atoms. The molecule has 0 unspecified atom stereocenters. The van der Waals surface area contributed by atoms with E-state index in [4.69, 9.17) is 5.73 Å². The highest BCUT2D eigenvalue weighted by Crippen LogP contribution is 2.04. The van der Waals surface area contributed by atoms with Crippen molar-refractivity contribution in [3.63, 3.8) is 0 Å². The number of aromatic nitrogens is 3. The number of rotatable bonds is 0. The second kappa shape index (κ2) is 3.71. The van der Waals surface area contributed by atoms with E-state index in [2.05, 4.69) is 9.97 Å². The Kier molecular flexibility index (Phi) is 2.63. The van der Waals surface area contributed by atoms with Crippen LogP contribution in [0.4, 0.5) is 5.82 Å². The van der Waals surface area contributed by atoms with E-state index in [9.17, 15) is 0 Å². The predicted molar refractivity (Wildman–Crippen MR) is 48.7 cm³/mol. The van der Waals surface area contributed by atoms with Gasteiger partial charge in [-0.3, -0.25) is 0 Å². The smallest absolute Gasteiger partial charge is 0.179 e. The predicted octanol–water partition coefficient (Wildman–Crippen LogP) is 1.34. The monoisotopic (exact) mass is 164 g/mol. The Morgan fingerprint density at radius 1 is 1.17 bits per heavy atom. The fourth-order valence-corrected chi connectivity index (χ4v) is 0.875. The van der Waals surface area contributed by atoms with Crippen LogP contribution < -0.4 is 5.73 Å². The topological polar surface area (TPSA) is 56.2 Å². The SMILES string of the molecule is CC.Nc1nccn2ccnc12. The third-order valence-electron chi connectivity index (χ3n) is 1.34. The zero-order valence-corrected chi connectivity index (χ0v) is 7.23. The molecule has 0 aliphatic carbocycles. The number of fused-ring (bicyclic) bond motifs is 1. The van der Waals surface area contributed by atoms with E-state index in [-0.39, 0.29) is 0 Å². The maximum absolute atomic E-state index is 5.51. The maximum atomic E-state index is 5.51. The Hall–Kier alpha value is -1.58. The van der Waals surface area contributed by atoms with E-state index >= 15 is 0 Å². The molecule has 0 atom stereocenters. The van der Waals surface area contributed by atoms with Crippen molar-refractivity contribution in [2.45, 2.75) is 13.8 Å². The van der Waals surface area contributed by atoms with E-state index in [1.165, 1.54) is 0 Å². The van der Waals surface area contributed by atoms with Crippen LogP contribution in [0.3, 0.4) is 0 Å². The molecule has 2 aromatic rings. The summed E-state index contributed by atoms with van der Waals surface area (Å²) in [6.07, 6.45) is 6.96. The van der Waals surface area contributed by atoms with Crippen molar-refractivity contribution in [3.8, 4) is 0 Å². The first-order valence-electron chi connectivity index (χ1n) is 3.91. The van der Waals surface area contributed by atoms with Crippen LogP contribution in [0.15, 0.2) is 24.8 Å². The Labute approximate surface area is 71.1 Å². The molecule has 2 heterocycles. The number of nitrogen functional groups attached to an aromatic ring is 1. The Bertz CT molecular complexity index is 353. The summed E-state index contributed by atoms with van der Waals surface area (Å²) in [6, 6.07) is 0. The fraction of sp³-hybridized carbons (Fsp3) is 0.250. The lowest BCUT2D eigenvalue weighted by Gasteiger charge is -1.93. The number of hydrogen-bond donors (Lipinski definition) is 1. The van der Waals surface area contributed by atoms with E-state index in [1.54, 1.807) is 18.6 Å². The third-order valence-corrected chi connectivity index (χ3v) is 1.34. The molecular weight excluding hydrogens is 152 g/mol. The van der Waals surface area contributed by atoms with E-state index in [1.807, 2.05) is 24.4 Å². The minimum Gasteiger partial charge on any atom is -0.381 e. The first-order valence-corrected chi connectivity index (χ1v) is 3.91. The quantitative estimate of drug-likeness (QED) is 0.639. The second-order valence-corrected chi connectivity index (χ2v) is 1.97. The molecule has 0 saturated heterocycles. The summed E-state index contributed by atoms with van der Waals surface area (Å²) in [5.41, 5.74) is 6.22. The number of anilines is 1. The van der Waals surface area contributed by atoms with E-state index < -0.39 is 0 Å². The standard InChI is InChI=1S/C6H6N4.C2H6/c7-5-6-9-2-4-10(6)3-1-8-5;1-2/h1-4H,(H2,7,8);1-2H3. The summed E-state index contributed by atoms with van der Waals surface area (Å²) < 4.78 is 1.82. The Morgan fingerprint density at radius 3 is 2.33 bits per heavy atom. The molecule has 4 heteroatoms. The van der Waals surface area contributed by atoms with Crippen molar-refractivity contribution < 1.29 is 0 Å². The first kappa shape index (κ1) is 8.52. The molecule has 0 saturated carbocycles. The van der Waals surface area contributed by atoms with Gasteiger partial charge in [-0.25, -0.2) is 9.97 Å². The molecule has 0 fully saturated rings. The van der Waals surface area contributed by atoms with E-state index in [0.29, 0.717) is 11.5 Å². The first-order chi connectivity index (χ1) is 5.88. The van der Waals surface area contributed by atoms with Crippen molar-refractivity contribution in [1.29, 1.82) is 0 Å². The van der Waals surface area contributed by atoms with Gasteiger partial charge >= 0.3 is 0 Å². The van der Waals surface area contributed by atoms with Gasteiger partial charge in [-0.2, -0.15) is 0 Å². The molecule has 64 valence electrons. The fourth-order valence-electron chi connectivity index (χ4n) is 0.875. The number of nitrogens with two attached hydrogens (primary N) is 1. The zero-order chi connectivity index (χ0) is 8.97. The molecule has 2 rings (SSSR count). The van der Waals surface area contributed by atoms with Gasteiger partial charge in [0.15, 0.2) is 11.5 Å². The van der Waals surface area contributed by atoms with Crippen LogP contribution in [-0.2, 0) is 0 Å². The van der Waals surface area contributed by atoms with Gasteiger partial charge in [-0.15, -0.1) is 0 Å². The number of hydrogen-bond acceptors (Lipinski definition) is 3. The van der Waals surface area contributed by atoms with Crippen LogP contribution in [0.25, 0.3) is 5.65 Å². The van der Waals surface area contributed by atoms with Gasteiger partial charge in [-0.1, -0.05) is 13.8 Å². The lowest BCUT2D eigenvalue weighted by molar-refractivity contribution is 1.13. The lowest BCUT2D eigenvalue weighted by Crippen LogP contribution is -1.94. The van der Waals surface area contributed by atoms with Crippen LogP contribution in [0.2, 0.25) is 0 Å². The average molecular weight is 164 g/mol. The summed E-state index contributed by atoms with van der Waals surface area (Å²) in [5, 5.41) is 0. The molecule has 0 amide bonds. The molecule has 0 spiro atoms. The minimum absolute atomic E-state index is 0.465. The molecular formula is C8H12N4. The van der Waals surface area contributed by atoms with Gasteiger partial charge in [0.1, 0.15) is 0 Å². The number of imidazole rings is 1. The van der Waals surface area contributed by atoms with Crippen molar-refractivity contribution in [3.05, 3.63) is 24.8 Å². The highest BCUT2D eigenvalue weighted by atomic mass is 15.0. The summed E-state index contributed by atoms with van der Waals surface area (Å²) >= 11 is 0. The lowest BCUT2D eigenvalue weighted by atomic mass is 10.6. The molecule has 2 N–H and O–H groups in total. The van der Waals surface area contributed by atoms with Crippen LogP contribution >= 0.6 is 0 Å². The van der Waals surface area contributed by atoms with Gasteiger partial charge in [0.05, 0.1) is 0 Å². The van der Waals surface area contributed by atoms with Crippen molar-refractivity contribution in [2.24, 2.45) is 0 Å². The van der Waals surface area contributed by atoms with Crippen LogP contribution in [0, 0.1) is 0 Å². The normalized spacial score (nSPS) is 9.17. The van der Waals surface area contributed by atoms with Gasteiger partial charge in [0.2, 0.25) is 0 Å². The van der Waals surface area contributed by atoms with Gasteiger partial charge in [-0.05, 0) is 0 Å².